The van der Waals surface area contributed by atoms with Crippen molar-refractivity contribution in [2.75, 3.05) is 44.4 Å². The molecule has 1 aromatic carbocycles. The normalized spacial score (nSPS) is 26.0. The molecule has 1 aromatic heterocycles. The highest BCUT2D eigenvalue weighted by atomic mass is 32.2. The van der Waals surface area contributed by atoms with E-state index in [2.05, 4.69) is 51.1 Å². The van der Waals surface area contributed by atoms with E-state index in [1.807, 2.05) is 0 Å². The topological polar surface area (TPSA) is 88.6 Å². The number of carbonyl (C=O) groups excluding carboxylic acids is 1. The molecule has 0 aliphatic carbocycles. The molecule has 3 fully saturated rings. The Kier molecular flexibility index (Phi) is 10.2. The number of carbonyl (C=O) groups is 1. The second-order valence-electron chi connectivity index (χ2n) is 10.7. The van der Waals surface area contributed by atoms with Crippen molar-refractivity contribution in [2.45, 2.75) is 80.6 Å². The number of rotatable bonds is 9. The minimum atomic E-state index is -1.00. The SMILES string of the molecule is CSc1ccc([C@@H]2CCC[C@H](CNc3cc(C(=O)N4CCC(NC5CCOCC5F)CC4)nc(CF)n3)O2)cc1. The lowest BCUT2D eigenvalue weighted by atomic mass is 9.98. The van der Waals surface area contributed by atoms with Crippen molar-refractivity contribution < 1.29 is 23.0 Å². The number of amides is 1. The van der Waals surface area contributed by atoms with Gasteiger partial charge in [-0.25, -0.2) is 18.7 Å². The van der Waals surface area contributed by atoms with Gasteiger partial charge in [-0.05, 0) is 62.5 Å². The van der Waals surface area contributed by atoms with Crippen molar-refractivity contribution in [3.8, 4) is 0 Å². The second-order valence-corrected chi connectivity index (χ2v) is 11.6. The number of halogens is 2. The number of anilines is 1. The van der Waals surface area contributed by atoms with E-state index in [1.54, 1.807) is 22.7 Å². The molecule has 3 aliphatic rings. The van der Waals surface area contributed by atoms with Gasteiger partial charge >= 0.3 is 0 Å². The molecule has 4 heterocycles. The van der Waals surface area contributed by atoms with Gasteiger partial charge in [-0.15, -0.1) is 11.8 Å². The van der Waals surface area contributed by atoms with Crippen LogP contribution < -0.4 is 10.6 Å². The number of likely N-dealkylation sites (tertiary alicyclic amines) is 1. The Bertz CT molecular complexity index is 1120. The molecule has 8 nitrogen and oxygen atoms in total. The molecule has 11 heteroatoms. The molecule has 2 aromatic rings. The van der Waals surface area contributed by atoms with Crippen LogP contribution in [0.3, 0.4) is 0 Å². The van der Waals surface area contributed by atoms with E-state index in [4.69, 9.17) is 9.47 Å². The van der Waals surface area contributed by atoms with Gasteiger partial charge in [0.25, 0.3) is 5.91 Å². The molecule has 218 valence electrons. The molecule has 1 amide bonds. The second kappa shape index (κ2) is 14.0. The highest BCUT2D eigenvalue weighted by molar-refractivity contribution is 7.98. The maximum atomic E-state index is 14.1. The fourth-order valence-electron chi connectivity index (χ4n) is 5.69. The van der Waals surface area contributed by atoms with Gasteiger partial charge in [0.15, 0.2) is 5.82 Å². The Morgan fingerprint density at radius 2 is 1.93 bits per heavy atom. The summed E-state index contributed by atoms with van der Waals surface area (Å²) >= 11 is 1.72. The van der Waals surface area contributed by atoms with Gasteiger partial charge in [0.1, 0.15) is 24.4 Å². The number of aromatic nitrogens is 2. The van der Waals surface area contributed by atoms with Crippen LogP contribution in [0.1, 0.15) is 66.5 Å². The summed E-state index contributed by atoms with van der Waals surface area (Å²) in [5.74, 6) is 0.163. The Labute approximate surface area is 239 Å². The molecule has 0 radical (unpaired) electrons. The van der Waals surface area contributed by atoms with Crippen LogP contribution in [-0.4, -0.2) is 84.2 Å². The third kappa shape index (κ3) is 7.48. The quantitative estimate of drug-likeness (QED) is 0.416. The lowest BCUT2D eigenvalue weighted by Gasteiger charge is -2.36. The molecular weight excluding hydrogens is 536 g/mol. The fourth-order valence-corrected chi connectivity index (χ4v) is 6.10. The van der Waals surface area contributed by atoms with Gasteiger partial charge < -0.3 is 25.0 Å². The molecular formula is C29H39F2N5O3S. The molecule has 4 atom stereocenters. The number of alkyl halides is 2. The van der Waals surface area contributed by atoms with E-state index in [0.717, 1.165) is 32.1 Å². The van der Waals surface area contributed by atoms with Crippen LogP contribution in [0.2, 0.25) is 0 Å². The zero-order valence-corrected chi connectivity index (χ0v) is 23.8. The maximum Gasteiger partial charge on any atom is 0.272 e. The van der Waals surface area contributed by atoms with Crippen LogP contribution in [-0.2, 0) is 16.1 Å². The number of ether oxygens (including phenoxy) is 2. The third-order valence-corrected chi connectivity index (χ3v) is 8.72. The van der Waals surface area contributed by atoms with Crippen LogP contribution in [0, 0.1) is 0 Å². The number of hydrogen-bond donors (Lipinski definition) is 2. The summed E-state index contributed by atoms with van der Waals surface area (Å²) in [6.07, 6.45) is 6.12. The van der Waals surface area contributed by atoms with E-state index in [1.165, 1.54) is 10.5 Å². The van der Waals surface area contributed by atoms with E-state index in [9.17, 15) is 13.6 Å². The average Bonchev–Trinajstić information content (AvgIpc) is 3.01. The predicted octanol–water partition coefficient (Wildman–Crippen LogP) is 4.71. The lowest BCUT2D eigenvalue weighted by Crippen LogP contribution is -2.52. The van der Waals surface area contributed by atoms with Crippen molar-refractivity contribution in [1.82, 2.24) is 20.2 Å². The van der Waals surface area contributed by atoms with Crippen molar-refractivity contribution in [3.05, 3.63) is 47.4 Å². The minimum absolute atomic E-state index is 0.0188. The molecule has 0 spiro atoms. The third-order valence-electron chi connectivity index (χ3n) is 7.98. The van der Waals surface area contributed by atoms with E-state index in [-0.39, 0.29) is 48.3 Å². The Morgan fingerprint density at radius 3 is 2.65 bits per heavy atom. The molecule has 40 heavy (non-hydrogen) atoms. The molecule has 2 N–H and O–H groups in total. The summed E-state index contributed by atoms with van der Waals surface area (Å²) in [6.45, 7) is 1.42. The smallest absolute Gasteiger partial charge is 0.272 e. The summed E-state index contributed by atoms with van der Waals surface area (Å²) in [7, 11) is 0. The Balaban J connectivity index is 1.15. The highest BCUT2D eigenvalue weighted by Gasteiger charge is 2.31. The average molecular weight is 576 g/mol. The summed E-state index contributed by atoms with van der Waals surface area (Å²) < 4.78 is 39.3. The maximum absolute atomic E-state index is 14.1. The summed E-state index contributed by atoms with van der Waals surface area (Å²) in [5.41, 5.74) is 1.36. The van der Waals surface area contributed by atoms with E-state index in [0.29, 0.717) is 38.5 Å². The number of benzene rings is 1. The first-order valence-electron chi connectivity index (χ1n) is 14.3. The zero-order chi connectivity index (χ0) is 27.9. The van der Waals surface area contributed by atoms with Gasteiger partial charge in [-0.1, -0.05) is 12.1 Å². The highest BCUT2D eigenvalue weighted by Crippen LogP contribution is 2.32. The van der Waals surface area contributed by atoms with Gasteiger partial charge in [0, 0.05) is 49.3 Å². The molecule has 3 aliphatic heterocycles. The molecule has 3 saturated heterocycles. The number of nitrogens with one attached hydrogen (secondary N) is 2. The molecule has 2 unspecified atom stereocenters. The van der Waals surface area contributed by atoms with Gasteiger partial charge in [0.2, 0.25) is 0 Å². The van der Waals surface area contributed by atoms with E-state index >= 15 is 0 Å². The van der Waals surface area contributed by atoms with Gasteiger partial charge in [-0.2, -0.15) is 0 Å². The summed E-state index contributed by atoms with van der Waals surface area (Å²) in [5, 5.41) is 6.67. The largest absolute Gasteiger partial charge is 0.378 e. The zero-order valence-electron chi connectivity index (χ0n) is 23.0. The van der Waals surface area contributed by atoms with Crippen molar-refractivity contribution in [1.29, 1.82) is 0 Å². The molecule has 5 rings (SSSR count). The first-order chi connectivity index (χ1) is 19.5. The predicted molar refractivity (Wildman–Crippen MR) is 151 cm³/mol. The Hall–Kier alpha value is -2.34. The summed E-state index contributed by atoms with van der Waals surface area (Å²) in [4.78, 5) is 24.7. The number of piperidine rings is 1. The summed E-state index contributed by atoms with van der Waals surface area (Å²) in [6, 6.07) is 10.0. The molecule has 0 bridgehead atoms. The van der Waals surface area contributed by atoms with Crippen LogP contribution in [0.25, 0.3) is 0 Å². The van der Waals surface area contributed by atoms with Crippen LogP contribution in [0.5, 0.6) is 0 Å². The number of hydrogen-bond acceptors (Lipinski definition) is 8. The number of nitrogens with zero attached hydrogens (tertiary/aromatic N) is 3. The van der Waals surface area contributed by atoms with Crippen LogP contribution in [0.4, 0.5) is 14.6 Å². The standard InChI is InChI=1S/C29H39F2N5O3S/c1-40-22-7-5-19(6-8-22)26-4-2-3-21(39-26)17-32-27-15-25(34-28(16-30)35-27)29(37)36-12-9-20(10-13-36)33-24-11-14-38-18-23(24)31/h5-8,15,20-21,23-24,26,33H,2-4,9-14,16-18H2,1H3,(H,32,34,35)/t21-,23?,24?,26+/m1/s1. The monoisotopic (exact) mass is 575 g/mol. The van der Waals surface area contributed by atoms with Gasteiger partial charge in [0.05, 0.1) is 18.8 Å². The number of thioether (sulfide) groups is 1. The first-order valence-corrected chi connectivity index (χ1v) is 15.5. The van der Waals surface area contributed by atoms with Crippen molar-refractivity contribution in [2.24, 2.45) is 0 Å². The van der Waals surface area contributed by atoms with Crippen molar-refractivity contribution >= 4 is 23.5 Å². The minimum Gasteiger partial charge on any atom is -0.378 e. The molecule has 0 saturated carbocycles. The fraction of sp³-hybridized carbons (Fsp3) is 0.621. The Morgan fingerprint density at radius 1 is 1.12 bits per heavy atom. The van der Waals surface area contributed by atoms with Crippen LogP contribution in [0.15, 0.2) is 35.2 Å². The lowest BCUT2D eigenvalue weighted by molar-refractivity contribution is -0.0442. The van der Waals surface area contributed by atoms with E-state index < -0.39 is 12.8 Å². The first kappa shape index (κ1) is 29.2. The van der Waals surface area contributed by atoms with Crippen LogP contribution >= 0.6 is 11.8 Å². The van der Waals surface area contributed by atoms with Crippen molar-refractivity contribution in [3.63, 3.8) is 0 Å². The van der Waals surface area contributed by atoms with Gasteiger partial charge in [-0.3, -0.25) is 4.79 Å².